The molecule has 366 valence electrons. The molecule has 0 aromatic carbocycles. The molecule has 0 spiro atoms. The van der Waals surface area contributed by atoms with Crippen LogP contribution in [0.3, 0.4) is 0 Å². The molecule has 0 radical (unpaired) electrons. The summed E-state index contributed by atoms with van der Waals surface area (Å²) in [4.78, 5) is 12.5. The summed E-state index contributed by atoms with van der Waals surface area (Å²) in [5, 5.41) is 23.1. The normalized spacial score (nSPS) is 13.0. The standard InChI is InChI=1S/C58H111NO3/c1-3-5-7-9-11-13-15-17-19-21-23-25-27-28-29-30-32-34-36-38-40-42-44-46-48-50-52-54-58(62)59-56(55-60)57(61)53-51-49-47-45-43-41-39-37-35-33-31-26-24-22-20-18-16-14-12-10-8-6-4-2/h21,23,43,45,51,53,56-57,60-61H,3-20,22,24-42,44,46-50,52,54-55H2,1-2H3,(H,59,62)/b23-21-,45-43+,53-51+. The lowest BCUT2D eigenvalue weighted by atomic mass is 10.0. The van der Waals surface area contributed by atoms with E-state index >= 15 is 0 Å². The molecule has 0 heterocycles. The fourth-order valence-corrected chi connectivity index (χ4v) is 8.78. The number of amides is 1. The van der Waals surface area contributed by atoms with Gasteiger partial charge in [0.25, 0.3) is 0 Å². The van der Waals surface area contributed by atoms with Crippen LogP contribution in [-0.2, 0) is 4.79 Å². The lowest BCUT2D eigenvalue weighted by Gasteiger charge is -2.19. The minimum atomic E-state index is -0.862. The van der Waals surface area contributed by atoms with Gasteiger partial charge in [-0.3, -0.25) is 4.79 Å². The van der Waals surface area contributed by atoms with Crippen LogP contribution in [0.5, 0.6) is 0 Å². The predicted octanol–water partition coefficient (Wildman–Crippen LogP) is 18.5. The quantitative estimate of drug-likeness (QED) is 0.0421. The second-order valence-electron chi connectivity index (χ2n) is 19.3. The Bertz CT molecular complexity index is 943. The number of unbranched alkanes of at least 4 members (excludes halogenated alkanes) is 41. The fraction of sp³-hybridized carbons (Fsp3) is 0.879. The summed E-state index contributed by atoms with van der Waals surface area (Å²) in [6.45, 7) is 4.33. The van der Waals surface area contributed by atoms with Crippen LogP contribution in [0.25, 0.3) is 0 Å². The Balaban J connectivity index is 3.50. The molecule has 4 nitrogen and oxygen atoms in total. The highest BCUT2D eigenvalue weighted by atomic mass is 16.3. The van der Waals surface area contributed by atoms with Gasteiger partial charge in [-0.25, -0.2) is 0 Å². The average Bonchev–Trinajstić information content (AvgIpc) is 3.28. The zero-order chi connectivity index (χ0) is 44.9. The van der Waals surface area contributed by atoms with Crippen molar-refractivity contribution in [1.82, 2.24) is 5.32 Å². The highest BCUT2D eigenvalue weighted by Crippen LogP contribution is 2.17. The molecule has 0 aliphatic rings. The third kappa shape index (κ3) is 49.6. The van der Waals surface area contributed by atoms with Crippen molar-refractivity contribution in [3.63, 3.8) is 0 Å². The minimum Gasteiger partial charge on any atom is -0.394 e. The molecule has 4 heteroatoms. The molecule has 2 atom stereocenters. The number of hydrogen-bond donors (Lipinski definition) is 3. The molecule has 0 aromatic heterocycles. The maximum Gasteiger partial charge on any atom is 0.220 e. The largest absolute Gasteiger partial charge is 0.394 e. The van der Waals surface area contributed by atoms with Gasteiger partial charge in [0, 0.05) is 6.42 Å². The first-order chi connectivity index (χ1) is 30.7. The molecule has 0 aliphatic heterocycles. The molecule has 62 heavy (non-hydrogen) atoms. The molecule has 2 unspecified atom stereocenters. The van der Waals surface area contributed by atoms with E-state index in [-0.39, 0.29) is 12.5 Å². The number of carbonyl (C=O) groups is 1. The van der Waals surface area contributed by atoms with E-state index < -0.39 is 12.1 Å². The van der Waals surface area contributed by atoms with E-state index in [9.17, 15) is 15.0 Å². The second-order valence-corrected chi connectivity index (χ2v) is 19.3. The number of hydrogen-bond acceptors (Lipinski definition) is 3. The van der Waals surface area contributed by atoms with Crippen LogP contribution in [0.4, 0.5) is 0 Å². The predicted molar refractivity (Wildman–Crippen MR) is 276 cm³/mol. The van der Waals surface area contributed by atoms with Gasteiger partial charge in [0.15, 0.2) is 0 Å². The third-order valence-electron chi connectivity index (χ3n) is 13.1. The van der Waals surface area contributed by atoms with Crippen molar-refractivity contribution in [2.24, 2.45) is 0 Å². The molecule has 0 saturated carbocycles. The third-order valence-corrected chi connectivity index (χ3v) is 13.1. The number of allylic oxidation sites excluding steroid dienone is 5. The molecular formula is C58H111NO3. The topological polar surface area (TPSA) is 69.6 Å². The van der Waals surface area contributed by atoms with Crippen molar-refractivity contribution in [2.45, 2.75) is 321 Å². The summed E-state index contributed by atoms with van der Waals surface area (Å²) < 4.78 is 0. The van der Waals surface area contributed by atoms with Crippen molar-refractivity contribution >= 4 is 5.91 Å². The molecule has 0 saturated heterocycles. The van der Waals surface area contributed by atoms with Crippen LogP contribution in [0.1, 0.15) is 309 Å². The van der Waals surface area contributed by atoms with Crippen molar-refractivity contribution in [2.75, 3.05) is 6.61 Å². The second kappa shape index (κ2) is 53.9. The van der Waals surface area contributed by atoms with E-state index in [0.29, 0.717) is 6.42 Å². The van der Waals surface area contributed by atoms with Crippen LogP contribution in [0.2, 0.25) is 0 Å². The molecule has 0 fully saturated rings. The van der Waals surface area contributed by atoms with E-state index in [4.69, 9.17) is 0 Å². The first kappa shape index (κ1) is 60.6. The maximum atomic E-state index is 12.5. The van der Waals surface area contributed by atoms with Gasteiger partial charge in [-0.2, -0.15) is 0 Å². The highest BCUT2D eigenvalue weighted by Gasteiger charge is 2.18. The number of nitrogens with one attached hydrogen (secondary N) is 1. The molecule has 0 aromatic rings. The number of carbonyl (C=O) groups excluding carboxylic acids is 1. The molecule has 0 rings (SSSR count). The zero-order valence-corrected chi connectivity index (χ0v) is 42.2. The van der Waals surface area contributed by atoms with Gasteiger partial charge in [-0.1, -0.05) is 281 Å². The number of rotatable bonds is 52. The summed E-state index contributed by atoms with van der Waals surface area (Å²) in [5.41, 5.74) is 0. The Labute approximate surface area is 389 Å². The lowest BCUT2D eigenvalue weighted by Crippen LogP contribution is -2.45. The fourth-order valence-electron chi connectivity index (χ4n) is 8.78. The lowest BCUT2D eigenvalue weighted by molar-refractivity contribution is -0.123. The van der Waals surface area contributed by atoms with Gasteiger partial charge in [-0.05, 0) is 57.8 Å². The highest BCUT2D eigenvalue weighted by molar-refractivity contribution is 5.76. The molecule has 0 aliphatic carbocycles. The molecule has 1 amide bonds. The monoisotopic (exact) mass is 870 g/mol. The average molecular weight is 871 g/mol. The Morgan fingerprint density at radius 2 is 0.629 bits per heavy atom. The van der Waals surface area contributed by atoms with Crippen molar-refractivity contribution in [3.05, 3.63) is 36.5 Å². The van der Waals surface area contributed by atoms with Crippen LogP contribution < -0.4 is 5.32 Å². The first-order valence-corrected chi connectivity index (χ1v) is 28.2. The van der Waals surface area contributed by atoms with E-state index in [1.165, 1.54) is 257 Å². The zero-order valence-electron chi connectivity index (χ0n) is 42.2. The SMILES string of the molecule is CCCCCCCCCC/C=C\CCCCCCCCCCCCCCCCCC(=O)NC(CO)C(O)/C=C/CC/C=C/CCCCCCCCCCCCCCCCCCC. The summed E-state index contributed by atoms with van der Waals surface area (Å²) >= 11 is 0. The Hall–Kier alpha value is -1.39. The van der Waals surface area contributed by atoms with E-state index in [1.54, 1.807) is 6.08 Å². The molecule has 3 N–H and O–H groups in total. The van der Waals surface area contributed by atoms with Gasteiger partial charge in [0.05, 0.1) is 18.8 Å². The molecule has 0 bridgehead atoms. The first-order valence-electron chi connectivity index (χ1n) is 28.2. The Morgan fingerprint density at radius 3 is 0.935 bits per heavy atom. The van der Waals surface area contributed by atoms with Crippen LogP contribution >= 0.6 is 0 Å². The van der Waals surface area contributed by atoms with Crippen LogP contribution in [-0.4, -0.2) is 34.9 Å². The minimum absolute atomic E-state index is 0.0690. The van der Waals surface area contributed by atoms with Gasteiger partial charge in [0.2, 0.25) is 5.91 Å². The smallest absolute Gasteiger partial charge is 0.220 e. The molecular weight excluding hydrogens is 759 g/mol. The number of aliphatic hydroxyl groups is 2. The van der Waals surface area contributed by atoms with E-state index in [0.717, 1.165) is 32.1 Å². The van der Waals surface area contributed by atoms with E-state index in [2.05, 4.69) is 43.5 Å². The van der Waals surface area contributed by atoms with Crippen molar-refractivity contribution < 1.29 is 15.0 Å². The summed E-state index contributed by atoms with van der Waals surface area (Å²) in [6.07, 6.45) is 73.1. The summed E-state index contributed by atoms with van der Waals surface area (Å²) in [5.74, 6) is -0.0690. The van der Waals surface area contributed by atoms with Crippen molar-refractivity contribution in [1.29, 1.82) is 0 Å². The van der Waals surface area contributed by atoms with Gasteiger partial charge in [0.1, 0.15) is 0 Å². The maximum absolute atomic E-state index is 12.5. The van der Waals surface area contributed by atoms with Crippen molar-refractivity contribution in [3.8, 4) is 0 Å². The number of aliphatic hydroxyl groups excluding tert-OH is 2. The Morgan fingerprint density at radius 1 is 0.371 bits per heavy atom. The summed E-state index contributed by atoms with van der Waals surface area (Å²) in [7, 11) is 0. The van der Waals surface area contributed by atoms with Crippen LogP contribution in [0, 0.1) is 0 Å². The van der Waals surface area contributed by atoms with Gasteiger partial charge in [-0.15, -0.1) is 0 Å². The van der Waals surface area contributed by atoms with E-state index in [1.807, 2.05) is 6.08 Å². The summed E-state index contributed by atoms with van der Waals surface area (Å²) in [6, 6.07) is -0.638. The Kier molecular flexibility index (Phi) is 52.7. The van der Waals surface area contributed by atoms with Gasteiger partial charge >= 0.3 is 0 Å². The van der Waals surface area contributed by atoms with Gasteiger partial charge < -0.3 is 15.5 Å². The van der Waals surface area contributed by atoms with Crippen LogP contribution in [0.15, 0.2) is 36.5 Å².